The third-order valence-corrected chi connectivity index (χ3v) is 4.36. The van der Waals surface area contributed by atoms with E-state index in [1.807, 2.05) is 0 Å². The topological polar surface area (TPSA) is 102 Å². The summed E-state index contributed by atoms with van der Waals surface area (Å²) in [4.78, 5) is 37.6. The molecule has 0 saturated carbocycles. The van der Waals surface area contributed by atoms with E-state index in [9.17, 15) is 14.4 Å². The number of ether oxygens (including phenoxy) is 1. The van der Waals surface area contributed by atoms with Gasteiger partial charge in [-0.3, -0.25) is 26.7 Å². The van der Waals surface area contributed by atoms with Gasteiger partial charge in [-0.25, -0.2) is 0 Å². The summed E-state index contributed by atoms with van der Waals surface area (Å²) < 4.78 is 5.23. The van der Waals surface area contributed by atoms with E-state index in [-0.39, 0.29) is 24.8 Å². The van der Waals surface area contributed by atoms with Crippen molar-refractivity contribution in [2.45, 2.75) is 25.4 Å². The summed E-state index contributed by atoms with van der Waals surface area (Å²) >= 11 is 0. The number of fused-ring (bicyclic) bond motifs is 1. The molecular weight excluding hydrogens is 586 g/mol. The number of amides is 3. The van der Waals surface area contributed by atoms with Gasteiger partial charge in [-0.05, 0) is 13.0 Å². The molecule has 3 amide bonds. The molecule has 0 unspecified atom stereocenters. The zero-order valence-corrected chi connectivity index (χ0v) is 16.1. The molecule has 0 aromatic heterocycles. The van der Waals surface area contributed by atoms with Gasteiger partial charge in [0.1, 0.15) is 6.04 Å². The summed E-state index contributed by atoms with van der Waals surface area (Å²) in [5.74, 6) is -0.577. The molecule has 2 aliphatic heterocycles. The van der Waals surface area contributed by atoms with Gasteiger partial charge in [-0.15, -0.1) is 6.54 Å². The van der Waals surface area contributed by atoms with Gasteiger partial charge < -0.3 is 20.3 Å². The first-order valence-electron chi connectivity index (χ1n) is 7.96. The van der Waals surface area contributed by atoms with E-state index < -0.39 is 11.9 Å². The number of imide groups is 1. The van der Waals surface area contributed by atoms with Crippen LogP contribution in [0, 0.1) is 14.2 Å². The van der Waals surface area contributed by atoms with Gasteiger partial charge in [0.2, 0.25) is 11.8 Å². The third kappa shape index (κ3) is 3.14. The van der Waals surface area contributed by atoms with Gasteiger partial charge in [0.05, 0.1) is 12.3 Å². The minimum atomic E-state index is -0.661. The molecule has 26 heavy (non-hydrogen) atoms. The zero-order chi connectivity index (χ0) is 18.0. The third-order valence-electron chi connectivity index (χ3n) is 4.36. The number of carbonyl (C=O) groups is 3. The first-order chi connectivity index (χ1) is 12.1. The van der Waals surface area contributed by atoms with E-state index in [4.69, 9.17) is 4.74 Å². The summed E-state index contributed by atoms with van der Waals surface area (Å²) in [5.41, 5.74) is 1.73. The van der Waals surface area contributed by atoms with E-state index >= 15 is 0 Å². The Morgan fingerprint density at radius 3 is 2.77 bits per heavy atom. The van der Waals surface area contributed by atoms with Crippen molar-refractivity contribution in [1.82, 2.24) is 15.5 Å². The Morgan fingerprint density at radius 2 is 2.12 bits per heavy atom. The van der Waals surface area contributed by atoms with Crippen molar-refractivity contribution >= 4 is 23.4 Å². The van der Waals surface area contributed by atoms with E-state index in [1.54, 1.807) is 12.1 Å². The molecule has 2 aliphatic rings. The molecule has 0 bridgehead atoms. The molecule has 8 nitrogen and oxygen atoms in total. The van der Waals surface area contributed by atoms with Gasteiger partial charge >= 0.3 is 0 Å². The predicted molar refractivity (Wildman–Crippen MR) is 89.7 cm³/mol. The number of nitrogens with zero attached hydrogens (tertiary/aromatic N) is 2. The molecule has 1 fully saturated rings. The van der Waals surface area contributed by atoms with Crippen molar-refractivity contribution in [3.8, 4) is 5.75 Å². The molecule has 149 valence electrons. The average molecular weight is 605 g/mol. The van der Waals surface area contributed by atoms with Gasteiger partial charge in [0, 0.05) is 17.5 Å². The normalized spacial score (nSPS) is 18.9. The Balaban J connectivity index is 0.00000243. The number of rotatable bonds is 6. The molecule has 1 atom stereocenters. The monoisotopic (exact) mass is 605 g/mol. The largest absolute Gasteiger partial charge is 0.680 e. The van der Waals surface area contributed by atoms with Crippen LogP contribution in [-0.4, -0.2) is 41.8 Å². The van der Waals surface area contributed by atoms with Crippen molar-refractivity contribution in [3.63, 3.8) is 0 Å². The smallest absolute Gasteiger partial charge is 0.255 e. The van der Waals surface area contributed by atoms with Crippen LogP contribution >= 0.6 is 0 Å². The Morgan fingerprint density at radius 1 is 1.35 bits per heavy atom. The van der Waals surface area contributed by atoms with Gasteiger partial charge in [0.25, 0.3) is 5.91 Å². The summed E-state index contributed by atoms with van der Waals surface area (Å²) in [6.45, 7) is 1.33. The molecule has 2 heterocycles. The molecule has 1 aromatic rings. The molecule has 1 aromatic carbocycles. The molecular formula is C17H19LrN4O4-3. The van der Waals surface area contributed by atoms with Crippen molar-refractivity contribution in [2.24, 2.45) is 0 Å². The summed E-state index contributed by atoms with van der Waals surface area (Å²) in [5, 5.41) is 9.45. The molecule has 0 aliphatic carbocycles. The number of nitrogens with one attached hydrogen (secondary N) is 2. The van der Waals surface area contributed by atoms with Crippen LogP contribution in [0.2, 0.25) is 0 Å². The Labute approximate surface area is 145 Å². The minimum Gasteiger partial charge on any atom is -0.680 e. The molecule has 1 radical (unpaired) electrons. The number of hydrogen-bond acceptors (Lipinski definition) is 5. The first-order valence-corrected chi connectivity index (χ1v) is 7.96. The number of benzene rings is 1. The molecule has 0 spiro atoms. The Kier molecular flexibility index (Phi) is 5.42. The maximum atomic E-state index is 12.7. The van der Waals surface area contributed by atoms with Crippen LogP contribution in [0.1, 0.15) is 28.8 Å². The van der Waals surface area contributed by atoms with Crippen molar-refractivity contribution in [2.75, 3.05) is 13.1 Å². The summed E-state index contributed by atoms with van der Waals surface area (Å²) in [6.07, 6.45) is 0.533. The van der Waals surface area contributed by atoms with Gasteiger partial charge in [-0.1, -0.05) is 17.8 Å². The van der Waals surface area contributed by atoms with Crippen molar-refractivity contribution in [1.29, 1.82) is 0 Å². The fourth-order valence-corrected chi connectivity index (χ4v) is 3.14. The van der Waals surface area contributed by atoms with Gasteiger partial charge in [0.15, 0.2) is 0 Å². The van der Waals surface area contributed by atoms with Crippen LogP contribution in [-0.2, 0) is 16.1 Å². The van der Waals surface area contributed by atoms with E-state index in [2.05, 4.69) is 30.1 Å². The maximum absolute atomic E-state index is 12.7. The predicted octanol–water partition coefficient (Wildman–Crippen LogP) is 1.00. The fraction of sp³-hybridized carbons (Fsp3) is 0.353. The molecule has 1 saturated heterocycles. The van der Waals surface area contributed by atoms with E-state index in [1.165, 1.54) is 4.90 Å². The summed E-state index contributed by atoms with van der Waals surface area (Å²) in [7, 11) is 7.00. The second-order valence-electron chi connectivity index (χ2n) is 5.87. The Hall–Kier alpha value is -3.61. The Bertz CT molecular complexity index is 725. The van der Waals surface area contributed by atoms with Crippen molar-refractivity contribution < 1.29 is 19.1 Å². The first kappa shape index (κ1) is 18.7. The molecule has 2 N–H and O–H groups in total. The van der Waals surface area contributed by atoms with Crippen LogP contribution in [0.15, 0.2) is 12.1 Å². The number of hydrogen-bond donors (Lipinski definition) is 2. The van der Waals surface area contributed by atoms with Crippen LogP contribution in [0.4, 0.5) is 5.69 Å². The van der Waals surface area contributed by atoms with E-state index in [0.717, 1.165) is 0 Å². The number of carbonyl (C=O) groups excluding carboxylic acids is 3. The molecule has 9 heteroatoms. The maximum Gasteiger partial charge on any atom is 0.255 e. The SMILES string of the molecule is [CH2-]NCC[N-]c1ccc2c(c1O[CH2-])CN([C@H]1CCC(=O)NC1=O)C2=O.[Lr]. The number of piperidine rings is 1. The zero-order valence-electron chi connectivity index (χ0n) is 14.0. The summed E-state index contributed by atoms with van der Waals surface area (Å²) in [6, 6.07) is 2.72. The van der Waals surface area contributed by atoms with Crippen molar-refractivity contribution in [3.05, 3.63) is 42.7 Å². The minimum absolute atomic E-state index is 0. The average Bonchev–Trinajstić information content (AvgIpc) is 2.92. The second-order valence-corrected chi connectivity index (χ2v) is 5.87. The molecule has 3 rings (SSSR count). The van der Waals surface area contributed by atoms with Crippen LogP contribution in [0.5, 0.6) is 5.75 Å². The van der Waals surface area contributed by atoms with Crippen LogP contribution in [0.25, 0.3) is 5.32 Å². The standard InChI is InChI=1S/C17H20N4O4.Lr/c1-18-7-8-19-12-4-3-10-11(15(12)25-2)9-21(17(10)24)13-5-6-14(22)20-16(13)23;/h3-4,13,18H,1-2,5-9H2,(H2,19,20,22,23,24);/q-2;/p-1/t13-;/m0./s1. The van der Waals surface area contributed by atoms with Crippen LogP contribution < -0.4 is 15.4 Å². The van der Waals surface area contributed by atoms with Gasteiger partial charge in [-0.2, -0.15) is 7.11 Å². The quantitative estimate of drug-likeness (QED) is 0.287. The second kappa shape index (κ2) is 7.52. The van der Waals surface area contributed by atoms with E-state index in [0.29, 0.717) is 42.1 Å². The fourth-order valence-electron chi connectivity index (χ4n) is 3.14. The van der Waals surface area contributed by atoms with Crippen LogP contribution in [0.3, 0.4) is 0 Å².